The molecule has 0 aliphatic carbocycles. The Balaban J connectivity index is 3.12. The van der Waals surface area contributed by atoms with Gasteiger partial charge in [0.2, 0.25) is 0 Å². The molecule has 0 spiro atoms. The van der Waals surface area contributed by atoms with Gasteiger partial charge in [0.15, 0.2) is 0 Å². The monoisotopic (exact) mass is 302 g/mol. The van der Waals surface area contributed by atoms with Gasteiger partial charge in [-0.05, 0) is 25.1 Å². The van der Waals surface area contributed by atoms with Crippen molar-refractivity contribution in [3.05, 3.63) is 29.3 Å². The summed E-state index contributed by atoms with van der Waals surface area (Å²) in [5.74, 6) is 0.955. The zero-order chi connectivity index (χ0) is 16.0. The van der Waals surface area contributed by atoms with E-state index in [0.29, 0.717) is 0 Å². The summed E-state index contributed by atoms with van der Waals surface area (Å²) in [4.78, 5) is 21.8. The minimum atomic E-state index is -5.04. The van der Waals surface area contributed by atoms with Crippen molar-refractivity contribution in [2.24, 2.45) is 0 Å². The number of hydrogen-bond donors (Lipinski definition) is 1. The normalized spacial score (nSPS) is 10.3. The second-order valence-electron chi connectivity index (χ2n) is 3.53. The van der Waals surface area contributed by atoms with E-state index in [9.17, 15) is 22.8 Å². The first-order chi connectivity index (χ1) is 9.73. The molecule has 0 atom stereocenters. The summed E-state index contributed by atoms with van der Waals surface area (Å²) in [5, 5.41) is 8.78. The summed E-state index contributed by atoms with van der Waals surface area (Å²) in [6, 6.07) is 2.83. The predicted molar refractivity (Wildman–Crippen MR) is 63.6 cm³/mol. The number of esters is 1. The van der Waals surface area contributed by atoms with Crippen LogP contribution in [0, 0.1) is 11.8 Å². The molecular weight excluding hydrogens is 293 g/mol. The molecule has 0 amide bonds. The fourth-order valence-electron chi connectivity index (χ4n) is 1.28. The van der Waals surface area contributed by atoms with Crippen LogP contribution >= 0.6 is 0 Å². The number of carbonyl (C=O) groups excluding carboxylic acids is 1. The van der Waals surface area contributed by atoms with Crippen molar-refractivity contribution >= 4 is 11.9 Å². The number of ether oxygens (including phenoxy) is 2. The van der Waals surface area contributed by atoms with Crippen molar-refractivity contribution in [1.82, 2.24) is 0 Å². The first-order valence-corrected chi connectivity index (χ1v) is 5.54. The molecule has 1 aromatic rings. The Labute approximate surface area is 117 Å². The number of rotatable bonds is 3. The van der Waals surface area contributed by atoms with E-state index in [1.807, 2.05) is 5.92 Å². The summed E-state index contributed by atoms with van der Waals surface area (Å²) in [5.41, 5.74) is -0.693. The highest BCUT2D eigenvalue weighted by Crippen LogP contribution is 2.27. The lowest BCUT2D eigenvalue weighted by atomic mass is 10.1. The SMILES string of the molecule is CCOC(=O)C#Cc1ccc(C(=O)O)c(OC(F)(F)F)c1. The minimum absolute atomic E-state index is 0.0210. The highest BCUT2D eigenvalue weighted by Gasteiger charge is 2.33. The number of hydrogen-bond acceptors (Lipinski definition) is 4. The summed E-state index contributed by atoms with van der Waals surface area (Å²) in [7, 11) is 0. The molecule has 0 heterocycles. The fraction of sp³-hybridized carbons (Fsp3) is 0.231. The molecule has 0 fully saturated rings. The summed E-state index contributed by atoms with van der Waals surface area (Å²) in [6.45, 7) is 1.67. The Morgan fingerprint density at radius 1 is 1.33 bits per heavy atom. The molecule has 0 saturated heterocycles. The fourth-order valence-corrected chi connectivity index (χ4v) is 1.28. The van der Waals surface area contributed by atoms with Gasteiger partial charge in [-0.2, -0.15) is 0 Å². The van der Waals surface area contributed by atoms with E-state index in [2.05, 4.69) is 15.4 Å². The van der Waals surface area contributed by atoms with E-state index in [1.165, 1.54) is 0 Å². The average Bonchev–Trinajstić information content (AvgIpc) is 2.34. The van der Waals surface area contributed by atoms with Gasteiger partial charge in [0.05, 0.1) is 6.61 Å². The number of carboxylic acid groups (broad SMARTS) is 1. The van der Waals surface area contributed by atoms with E-state index in [4.69, 9.17) is 5.11 Å². The third kappa shape index (κ3) is 5.44. The Kier molecular flexibility index (Phi) is 5.18. The smallest absolute Gasteiger partial charge is 0.478 e. The Bertz CT molecular complexity index is 610. The van der Waals surface area contributed by atoms with Gasteiger partial charge in [-0.1, -0.05) is 5.92 Å². The summed E-state index contributed by atoms with van der Waals surface area (Å²) >= 11 is 0. The van der Waals surface area contributed by atoms with Gasteiger partial charge in [0.25, 0.3) is 0 Å². The van der Waals surface area contributed by atoms with Crippen molar-refractivity contribution in [2.45, 2.75) is 13.3 Å². The maximum atomic E-state index is 12.2. The molecule has 1 rings (SSSR count). The van der Waals surface area contributed by atoms with E-state index in [-0.39, 0.29) is 12.2 Å². The number of alkyl halides is 3. The molecule has 0 aliphatic heterocycles. The third-order valence-electron chi connectivity index (χ3n) is 2.02. The zero-order valence-corrected chi connectivity index (χ0v) is 10.7. The quantitative estimate of drug-likeness (QED) is 0.684. The Morgan fingerprint density at radius 3 is 2.52 bits per heavy atom. The van der Waals surface area contributed by atoms with Crippen LogP contribution in [0.25, 0.3) is 0 Å². The van der Waals surface area contributed by atoms with E-state index in [0.717, 1.165) is 18.2 Å². The van der Waals surface area contributed by atoms with Crippen LogP contribution < -0.4 is 4.74 Å². The molecular formula is C13H9F3O5. The van der Waals surface area contributed by atoms with Gasteiger partial charge >= 0.3 is 18.3 Å². The Morgan fingerprint density at radius 2 is 2.00 bits per heavy atom. The Hall–Kier alpha value is -2.69. The summed E-state index contributed by atoms with van der Waals surface area (Å²) < 4.78 is 44.8. The van der Waals surface area contributed by atoms with Crippen molar-refractivity contribution in [3.63, 3.8) is 0 Å². The molecule has 5 nitrogen and oxygen atoms in total. The topological polar surface area (TPSA) is 72.8 Å². The molecule has 0 aromatic heterocycles. The standard InChI is InChI=1S/C13H9F3O5/c1-2-20-11(17)6-4-8-3-5-9(12(18)19)10(7-8)21-13(14,15)16/h3,5,7H,2H2,1H3,(H,18,19). The van der Waals surface area contributed by atoms with Gasteiger partial charge in [-0.3, -0.25) is 0 Å². The van der Waals surface area contributed by atoms with Gasteiger partial charge in [0.1, 0.15) is 11.3 Å². The number of carboxylic acids is 1. The highest BCUT2D eigenvalue weighted by atomic mass is 19.4. The average molecular weight is 302 g/mol. The molecule has 0 unspecified atom stereocenters. The zero-order valence-electron chi connectivity index (χ0n) is 10.7. The molecule has 0 saturated carbocycles. The number of halogens is 3. The second-order valence-corrected chi connectivity index (χ2v) is 3.53. The highest BCUT2D eigenvalue weighted by molar-refractivity contribution is 5.92. The van der Waals surface area contributed by atoms with Crippen LogP contribution in [0.3, 0.4) is 0 Å². The van der Waals surface area contributed by atoms with E-state index >= 15 is 0 Å². The van der Waals surface area contributed by atoms with Crippen molar-refractivity contribution < 1.29 is 37.3 Å². The maximum absolute atomic E-state index is 12.2. The first kappa shape index (κ1) is 16.4. The molecule has 0 aliphatic rings. The lowest BCUT2D eigenvalue weighted by Crippen LogP contribution is -2.19. The van der Waals surface area contributed by atoms with E-state index in [1.54, 1.807) is 6.92 Å². The predicted octanol–water partition coefficient (Wildman–Crippen LogP) is 2.20. The molecule has 1 N–H and O–H groups in total. The van der Waals surface area contributed by atoms with Crippen LogP contribution in [0.2, 0.25) is 0 Å². The van der Waals surface area contributed by atoms with Crippen LogP contribution in [0.1, 0.15) is 22.8 Å². The van der Waals surface area contributed by atoms with Crippen molar-refractivity contribution in [3.8, 4) is 17.6 Å². The van der Waals surface area contributed by atoms with Crippen LogP contribution in [0.5, 0.6) is 5.75 Å². The molecule has 0 radical (unpaired) electrons. The summed E-state index contributed by atoms with van der Waals surface area (Å²) in [6.07, 6.45) is -5.04. The molecule has 21 heavy (non-hydrogen) atoms. The van der Waals surface area contributed by atoms with Crippen molar-refractivity contribution in [2.75, 3.05) is 6.61 Å². The maximum Gasteiger partial charge on any atom is 0.573 e. The van der Waals surface area contributed by atoms with Gasteiger partial charge < -0.3 is 14.6 Å². The molecule has 112 valence electrons. The number of aromatic carboxylic acids is 1. The number of benzene rings is 1. The molecule has 8 heteroatoms. The van der Waals surface area contributed by atoms with Crippen LogP contribution in [0.4, 0.5) is 13.2 Å². The minimum Gasteiger partial charge on any atom is -0.478 e. The van der Waals surface area contributed by atoms with Gasteiger partial charge in [-0.15, -0.1) is 13.2 Å². The second kappa shape index (κ2) is 6.65. The number of carbonyl (C=O) groups is 2. The lowest BCUT2D eigenvalue weighted by Gasteiger charge is -2.11. The van der Waals surface area contributed by atoms with Crippen LogP contribution in [-0.4, -0.2) is 30.0 Å². The third-order valence-corrected chi connectivity index (χ3v) is 2.02. The first-order valence-electron chi connectivity index (χ1n) is 5.54. The largest absolute Gasteiger partial charge is 0.573 e. The van der Waals surface area contributed by atoms with Crippen LogP contribution in [0.15, 0.2) is 18.2 Å². The molecule has 0 bridgehead atoms. The van der Waals surface area contributed by atoms with Gasteiger partial charge in [0, 0.05) is 11.5 Å². The lowest BCUT2D eigenvalue weighted by molar-refractivity contribution is -0.274. The van der Waals surface area contributed by atoms with Crippen molar-refractivity contribution in [1.29, 1.82) is 0 Å². The van der Waals surface area contributed by atoms with Gasteiger partial charge in [-0.25, -0.2) is 9.59 Å². The molecule has 1 aromatic carbocycles. The van der Waals surface area contributed by atoms with E-state index < -0.39 is 29.6 Å². The van der Waals surface area contributed by atoms with Crippen LogP contribution in [-0.2, 0) is 9.53 Å².